The fraction of sp³-hybridized carbons (Fsp3) is 0.467. The number of rotatable bonds is 5. The van der Waals surface area contributed by atoms with Crippen LogP contribution in [0.4, 0.5) is 13.6 Å². The van der Waals surface area contributed by atoms with E-state index >= 15 is 0 Å². The molecule has 0 radical (unpaired) electrons. The Balaban J connectivity index is 2.24. The van der Waals surface area contributed by atoms with Crippen LogP contribution in [0.5, 0.6) is 5.75 Å². The lowest BCUT2D eigenvalue weighted by Gasteiger charge is -2.23. The van der Waals surface area contributed by atoms with Crippen LogP contribution in [-0.2, 0) is 10.3 Å². The third-order valence-corrected chi connectivity index (χ3v) is 3.48. The van der Waals surface area contributed by atoms with E-state index in [1.165, 1.54) is 29.2 Å². The normalized spacial score (nSPS) is 21.7. The maximum Gasteiger partial charge on any atom is 0.387 e. The molecule has 1 aromatic rings. The van der Waals surface area contributed by atoms with Gasteiger partial charge in [0, 0.05) is 6.54 Å². The lowest BCUT2D eigenvalue weighted by atomic mass is 9.92. The van der Waals surface area contributed by atoms with Crippen LogP contribution in [0.2, 0.25) is 0 Å². The molecule has 7 heteroatoms. The average molecular weight is 312 g/mol. The Kier molecular flexibility index (Phi) is 4.35. The van der Waals surface area contributed by atoms with Crippen molar-refractivity contribution in [3.05, 3.63) is 29.8 Å². The summed E-state index contributed by atoms with van der Waals surface area (Å²) >= 11 is 0. The van der Waals surface area contributed by atoms with Gasteiger partial charge in [0.25, 0.3) is 5.91 Å². The highest BCUT2D eigenvalue weighted by molar-refractivity contribution is 6.07. The molecule has 5 nitrogen and oxygen atoms in total. The zero-order chi connectivity index (χ0) is 16.5. The number of carbonyl (C=O) groups is 2. The van der Waals surface area contributed by atoms with E-state index in [4.69, 9.17) is 0 Å². The van der Waals surface area contributed by atoms with E-state index in [1.54, 1.807) is 6.92 Å². The first kappa shape index (κ1) is 16.2. The van der Waals surface area contributed by atoms with Crippen molar-refractivity contribution in [2.45, 2.75) is 32.9 Å². The number of alkyl halides is 2. The summed E-state index contributed by atoms with van der Waals surface area (Å²) in [5.41, 5.74) is -0.686. The summed E-state index contributed by atoms with van der Waals surface area (Å²) in [4.78, 5) is 25.7. The minimum atomic E-state index is -2.91. The van der Waals surface area contributed by atoms with Crippen LogP contribution in [0.3, 0.4) is 0 Å². The standard InChI is InChI=1S/C15H18F2N2O3/c1-9(2)8-19-12(20)15(3,18-14(19)21)10-4-6-11(7-5-10)22-13(16)17/h4-7,9,13H,8H2,1-3H3,(H,18,21)/t15-/m1/s1. The summed E-state index contributed by atoms with van der Waals surface area (Å²) < 4.78 is 28.6. The van der Waals surface area contributed by atoms with Crippen LogP contribution in [0, 0.1) is 5.92 Å². The highest BCUT2D eigenvalue weighted by Crippen LogP contribution is 2.30. The van der Waals surface area contributed by atoms with Gasteiger partial charge in [-0.15, -0.1) is 0 Å². The van der Waals surface area contributed by atoms with Gasteiger partial charge in [0.1, 0.15) is 11.3 Å². The predicted molar refractivity (Wildman–Crippen MR) is 75.5 cm³/mol. The number of halogens is 2. The van der Waals surface area contributed by atoms with Crippen LogP contribution in [-0.4, -0.2) is 30.0 Å². The molecule has 1 heterocycles. The van der Waals surface area contributed by atoms with Crippen LogP contribution in [0.1, 0.15) is 26.3 Å². The topological polar surface area (TPSA) is 58.6 Å². The van der Waals surface area contributed by atoms with E-state index in [9.17, 15) is 18.4 Å². The summed E-state index contributed by atoms with van der Waals surface area (Å²) in [5.74, 6) is -0.203. The van der Waals surface area contributed by atoms with E-state index in [1.807, 2.05) is 13.8 Å². The van der Waals surface area contributed by atoms with Crippen molar-refractivity contribution in [3.8, 4) is 5.75 Å². The van der Waals surface area contributed by atoms with E-state index < -0.39 is 18.2 Å². The summed E-state index contributed by atoms with van der Waals surface area (Å²) in [7, 11) is 0. The Bertz CT molecular complexity index is 575. The molecule has 120 valence electrons. The van der Waals surface area contributed by atoms with Gasteiger partial charge in [-0.25, -0.2) is 4.79 Å². The van der Waals surface area contributed by atoms with E-state index in [2.05, 4.69) is 10.1 Å². The van der Waals surface area contributed by atoms with Gasteiger partial charge in [0.15, 0.2) is 0 Å². The zero-order valence-corrected chi connectivity index (χ0v) is 12.6. The molecule has 0 unspecified atom stereocenters. The molecule has 0 saturated carbocycles. The number of amides is 3. The van der Waals surface area contributed by atoms with E-state index in [0.717, 1.165) is 0 Å². The van der Waals surface area contributed by atoms with Crippen molar-refractivity contribution < 1.29 is 23.1 Å². The third kappa shape index (κ3) is 3.03. The van der Waals surface area contributed by atoms with E-state index in [-0.39, 0.29) is 17.6 Å². The predicted octanol–water partition coefficient (Wildman–Crippen LogP) is 2.71. The highest BCUT2D eigenvalue weighted by atomic mass is 19.3. The first-order valence-corrected chi connectivity index (χ1v) is 6.93. The van der Waals surface area contributed by atoms with Crippen molar-refractivity contribution in [2.24, 2.45) is 5.92 Å². The average Bonchev–Trinajstić information content (AvgIpc) is 2.63. The molecule has 0 aliphatic carbocycles. The Hall–Kier alpha value is -2.18. The maximum absolute atomic E-state index is 12.5. The molecular formula is C15H18F2N2O3. The number of hydrogen-bond acceptors (Lipinski definition) is 3. The first-order valence-electron chi connectivity index (χ1n) is 6.93. The van der Waals surface area contributed by atoms with Crippen molar-refractivity contribution in [1.82, 2.24) is 10.2 Å². The molecule has 1 saturated heterocycles. The number of nitrogens with zero attached hydrogens (tertiary/aromatic N) is 1. The van der Waals surface area contributed by atoms with Gasteiger partial charge in [-0.05, 0) is 30.5 Å². The van der Waals surface area contributed by atoms with E-state index in [0.29, 0.717) is 12.1 Å². The van der Waals surface area contributed by atoms with Gasteiger partial charge in [-0.2, -0.15) is 8.78 Å². The minimum Gasteiger partial charge on any atom is -0.435 e. The lowest BCUT2D eigenvalue weighted by Crippen LogP contribution is -2.41. The number of hydrogen-bond donors (Lipinski definition) is 1. The Morgan fingerprint density at radius 2 is 1.82 bits per heavy atom. The van der Waals surface area contributed by atoms with Gasteiger partial charge >= 0.3 is 12.6 Å². The smallest absolute Gasteiger partial charge is 0.387 e. The molecule has 1 aliphatic heterocycles. The zero-order valence-electron chi connectivity index (χ0n) is 12.6. The fourth-order valence-electron chi connectivity index (χ4n) is 2.39. The monoisotopic (exact) mass is 312 g/mol. The molecule has 1 N–H and O–H groups in total. The first-order chi connectivity index (χ1) is 10.2. The van der Waals surface area contributed by atoms with Crippen LogP contribution < -0.4 is 10.1 Å². The molecule has 0 bridgehead atoms. The molecular weight excluding hydrogens is 294 g/mol. The second kappa shape index (κ2) is 5.90. The summed E-state index contributed by atoms with van der Waals surface area (Å²) in [5, 5.41) is 2.66. The molecule has 1 fully saturated rings. The molecule has 22 heavy (non-hydrogen) atoms. The largest absolute Gasteiger partial charge is 0.435 e. The summed E-state index contributed by atoms with van der Waals surface area (Å²) in [6.07, 6.45) is 0. The number of benzene rings is 1. The number of ether oxygens (including phenoxy) is 1. The molecule has 1 aliphatic rings. The Morgan fingerprint density at radius 1 is 1.23 bits per heavy atom. The highest BCUT2D eigenvalue weighted by Gasteiger charge is 2.48. The van der Waals surface area contributed by atoms with Crippen molar-refractivity contribution in [3.63, 3.8) is 0 Å². The minimum absolute atomic E-state index is 0.00170. The number of urea groups is 1. The Labute approximate surface area is 127 Å². The summed E-state index contributed by atoms with van der Waals surface area (Å²) in [6, 6.07) is 5.23. The molecule has 1 atom stereocenters. The summed E-state index contributed by atoms with van der Waals surface area (Å²) in [6.45, 7) is 2.83. The SMILES string of the molecule is CC(C)CN1C(=O)N[C@](C)(c2ccc(OC(F)F)cc2)C1=O. The molecule has 1 aromatic carbocycles. The second-order valence-corrected chi connectivity index (χ2v) is 5.77. The van der Waals surface area contributed by atoms with Gasteiger partial charge in [0.05, 0.1) is 0 Å². The lowest BCUT2D eigenvalue weighted by molar-refractivity contribution is -0.131. The van der Waals surface area contributed by atoms with Gasteiger partial charge < -0.3 is 10.1 Å². The van der Waals surface area contributed by atoms with Gasteiger partial charge in [-0.1, -0.05) is 26.0 Å². The molecule has 0 spiro atoms. The maximum atomic E-state index is 12.5. The molecule has 3 amide bonds. The van der Waals surface area contributed by atoms with Gasteiger partial charge in [-0.3, -0.25) is 9.69 Å². The van der Waals surface area contributed by atoms with Crippen LogP contribution in [0.25, 0.3) is 0 Å². The third-order valence-electron chi connectivity index (χ3n) is 3.48. The molecule has 0 aromatic heterocycles. The van der Waals surface area contributed by atoms with Crippen molar-refractivity contribution in [1.29, 1.82) is 0 Å². The van der Waals surface area contributed by atoms with Crippen molar-refractivity contribution >= 4 is 11.9 Å². The van der Waals surface area contributed by atoms with Crippen LogP contribution in [0.15, 0.2) is 24.3 Å². The number of nitrogens with one attached hydrogen (secondary N) is 1. The fourth-order valence-corrected chi connectivity index (χ4v) is 2.39. The van der Waals surface area contributed by atoms with Gasteiger partial charge in [0.2, 0.25) is 0 Å². The number of imide groups is 1. The Morgan fingerprint density at radius 3 is 2.32 bits per heavy atom. The number of carbonyl (C=O) groups excluding carboxylic acids is 2. The van der Waals surface area contributed by atoms with Crippen LogP contribution >= 0.6 is 0 Å². The second-order valence-electron chi connectivity index (χ2n) is 5.77. The molecule has 2 rings (SSSR count). The quantitative estimate of drug-likeness (QED) is 0.851. The van der Waals surface area contributed by atoms with Crippen molar-refractivity contribution in [2.75, 3.05) is 6.54 Å².